The van der Waals surface area contributed by atoms with Crippen LogP contribution in [0.25, 0.3) is 10.9 Å². The molecule has 1 atom stereocenters. The quantitative estimate of drug-likeness (QED) is 0.856. The maximum atomic E-state index is 13.7. The van der Waals surface area contributed by atoms with Gasteiger partial charge in [0.1, 0.15) is 24.0 Å². The SMILES string of the molecule is N#Cc1cc2c(N3CCCC(O)(CN)C3)ncnc2cc1F. The van der Waals surface area contributed by atoms with Crippen LogP contribution in [0.3, 0.4) is 0 Å². The van der Waals surface area contributed by atoms with E-state index in [4.69, 9.17) is 11.0 Å². The summed E-state index contributed by atoms with van der Waals surface area (Å²) in [7, 11) is 0. The predicted molar refractivity (Wildman–Crippen MR) is 79.7 cm³/mol. The Balaban J connectivity index is 2.09. The lowest BCUT2D eigenvalue weighted by Crippen LogP contribution is -2.52. The Morgan fingerprint density at radius 2 is 2.27 bits per heavy atom. The number of aliphatic hydroxyl groups is 1. The third-order valence-corrected chi connectivity index (χ3v) is 4.06. The summed E-state index contributed by atoms with van der Waals surface area (Å²) in [6, 6.07) is 4.52. The van der Waals surface area contributed by atoms with Crippen LogP contribution in [0.15, 0.2) is 18.5 Å². The molecule has 0 bridgehead atoms. The molecule has 2 aromatic rings. The third-order valence-electron chi connectivity index (χ3n) is 4.06. The van der Waals surface area contributed by atoms with E-state index in [0.717, 1.165) is 6.42 Å². The lowest BCUT2D eigenvalue weighted by atomic mass is 9.93. The summed E-state index contributed by atoms with van der Waals surface area (Å²) >= 11 is 0. The molecule has 3 N–H and O–H groups in total. The van der Waals surface area contributed by atoms with E-state index in [-0.39, 0.29) is 12.1 Å². The number of β-amino-alcohol motifs (C(OH)–C–C–N with tert-alkyl or cyclic N) is 1. The van der Waals surface area contributed by atoms with Crippen LogP contribution in [-0.2, 0) is 0 Å². The molecule has 1 unspecified atom stereocenters. The van der Waals surface area contributed by atoms with Crippen molar-refractivity contribution in [3.05, 3.63) is 29.8 Å². The van der Waals surface area contributed by atoms with Crippen LogP contribution in [0.2, 0.25) is 0 Å². The highest BCUT2D eigenvalue weighted by molar-refractivity contribution is 5.90. The van der Waals surface area contributed by atoms with Gasteiger partial charge in [0.15, 0.2) is 0 Å². The average molecular weight is 301 g/mol. The number of benzene rings is 1. The number of nitrogens with two attached hydrogens (primary N) is 1. The number of nitrogens with zero attached hydrogens (tertiary/aromatic N) is 4. The molecule has 1 aromatic heterocycles. The van der Waals surface area contributed by atoms with Gasteiger partial charge in [0.25, 0.3) is 0 Å². The second-order valence-electron chi connectivity index (χ2n) is 5.61. The molecule has 0 saturated carbocycles. The van der Waals surface area contributed by atoms with E-state index in [1.54, 1.807) is 0 Å². The topological polar surface area (TPSA) is 99.1 Å². The molecule has 1 saturated heterocycles. The number of aromatic nitrogens is 2. The number of hydrogen-bond donors (Lipinski definition) is 2. The van der Waals surface area contributed by atoms with Gasteiger partial charge in [-0.2, -0.15) is 5.26 Å². The van der Waals surface area contributed by atoms with Crippen LogP contribution in [0.1, 0.15) is 18.4 Å². The van der Waals surface area contributed by atoms with Crippen molar-refractivity contribution in [2.75, 3.05) is 24.5 Å². The second-order valence-corrected chi connectivity index (χ2v) is 5.61. The minimum atomic E-state index is -0.951. The van der Waals surface area contributed by atoms with E-state index in [0.29, 0.717) is 36.2 Å². The van der Waals surface area contributed by atoms with Gasteiger partial charge in [-0.15, -0.1) is 0 Å². The Bertz CT molecular complexity index is 759. The van der Waals surface area contributed by atoms with Gasteiger partial charge in [0.2, 0.25) is 0 Å². The minimum absolute atomic E-state index is 0.0466. The van der Waals surface area contributed by atoms with Crippen molar-refractivity contribution < 1.29 is 9.50 Å². The van der Waals surface area contributed by atoms with Gasteiger partial charge in [0, 0.05) is 31.1 Å². The summed E-state index contributed by atoms with van der Waals surface area (Å²) in [5.74, 6) is -0.00941. The molecule has 2 heterocycles. The van der Waals surface area contributed by atoms with E-state index in [2.05, 4.69) is 9.97 Å². The molecule has 1 aliphatic rings. The zero-order valence-electron chi connectivity index (χ0n) is 12.0. The Labute approximate surface area is 127 Å². The lowest BCUT2D eigenvalue weighted by molar-refractivity contribution is 0.0345. The molecule has 22 heavy (non-hydrogen) atoms. The molecule has 1 aromatic carbocycles. The Kier molecular flexibility index (Phi) is 3.64. The van der Waals surface area contributed by atoms with Gasteiger partial charge in [0.05, 0.1) is 16.7 Å². The van der Waals surface area contributed by atoms with Crippen LogP contribution in [-0.4, -0.2) is 40.3 Å². The van der Waals surface area contributed by atoms with Gasteiger partial charge >= 0.3 is 0 Å². The van der Waals surface area contributed by atoms with Crippen LogP contribution in [0.4, 0.5) is 10.2 Å². The Morgan fingerprint density at radius 3 is 3.00 bits per heavy atom. The average Bonchev–Trinajstić information content (AvgIpc) is 2.53. The molecule has 1 aliphatic heterocycles. The van der Waals surface area contributed by atoms with Crippen molar-refractivity contribution in [1.29, 1.82) is 5.26 Å². The third kappa shape index (κ3) is 2.47. The van der Waals surface area contributed by atoms with Gasteiger partial charge in [-0.05, 0) is 18.9 Å². The van der Waals surface area contributed by atoms with Crippen molar-refractivity contribution in [3.63, 3.8) is 0 Å². The molecular formula is C15H16FN5O. The second kappa shape index (κ2) is 5.48. The largest absolute Gasteiger partial charge is 0.387 e. The maximum absolute atomic E-state index is 13.7. The summed E-state index contributed by atoms with van der Waals surface area (Å²) in [5, 5.41) is 20.0. The van der Waals surface area contributed by atoms with E-state index < -0.39 is 11.4 Å². The van der Waals surface area contributed by atoms with Crippen LogP contribution >= 0.6 is 0 Å². The predicted octanol–water partition coefficient (Wildman–Crippen LogP) is 0.931. The van der Waals surface area contributed by atoms with E-state index in [1.165, 1.54) is 18.5 Å². The summed E-state index contributed by atoms with van der Waals surface area (Å²) in [5.41, 5.74) is 5.09. The fourth-order valence-corrected chi connectivity index (χ4v) is 2.86. The van der Waals surface area contributed by atoms with Gasteiger partial charge in [-0.1, -0.05) is 0 Å². The smallest absolute Gasteiger partial charge is 0.143 e. The Hall–Kier alpha value is -2.30. The highest BCUT2D eigenvalue weighted by atomic mass is 19.1. The molecule has 6 nitrogen and oxygen atoms in total. The van der Waals surface area contributed by atoms with Crippen molar-refractivity contribution in [2.45, 2.75) is 18.4 Å². The van der Waals surface area contributed by atoms with Gasteiger partial charge in [-0.3, -0.25) is 0 Å². The number of fused-ring (bicyclic) bond motifs is 1. The van der Waals surface area contributed by atoms with Crippen LogP contribution in [0, 0.1) is 17.1 Å². The molecule has 1 fully saturated rings. The van der Waals surface area contributed by atoms with Gasteiger partial charge < -0.3 is 15.7 Å². The Morgan fingerprint density at radius 1 is 1.45 bits per heavy atom. The number of rotatable bonds is 2. The minimum Gasteiger partial charge on any atom is -0.387 e. The van der Waals surface area contributed by atoms with Crippen molar-refractivity contribution >= 4 is 16.7 Å². The first-order chi connectivity index (χ1) is 10.6. The van der Waals surface area contributed by atoms with Gasteiger partial charge in [-0.25, -0.2) is 14.4 Å². The molecule has 114 valence electrons. The lowest BCUT2D eigenvalue weighted by Gasteiger charge is -2.39. The van der Waals surface area contributed by atoms with E-state index in [9.17, 15) is 9.50 Å². The summed E-state index contributed by atoms with van der Waals surface area (Å²) in [6.07, 6.45) is 2.78. The van der Waals surface area contributed by atoms with E-state index >= 15 is 0 Å². The van der Waals surface area contributed by atoms with Crippen molar-refractivity contribution in [2.24, 2.45) is 5.73 Å². The summed E-state index contributed by atoms with van der Waals surface area (Å²) < 4.78 is 13.7. The first kappa shape index (κ1) is 14.6. The monoisotopic (exact) mass is 301 g/mol. The number of nitriles is 1. The molecule has 3 rings (SSSR count). The highest BCUT2D eigenvalue weighted by Crippen LogP contribution is 2.30. The number of hydrogen-bond acceptors (Lipinski definition) is 6. The summed E-state index contributed by atoms with van der Waals surface area (Å²) in [4.78, 5) is 10.2. The normalized spacial score (nSPS) is 21.8. The fraction of sp³-hybridized carbons (Fsp3) is 0.400. The zero-order chi connectivity index (χ0) is 15.7. The molecule has 0 spiro atoms. The molecule has 7 heteroatoms. The first-order valence-electron chi connectivity index (χ1n) is 7.08. The molecule has 0 aliphatic carbocycles. The maximum Gasteiger partial charge on any atom is 0.143 e. The molecule has 0 radical (unpaired) electrons. The van der Waals surface area contributed by atoms with Crippen LogP contribution < -0.4 is 10.6 Å². The van der Waals surface area contributed by atoms with Crippen LogP contribution in [0.5, 0.6) is 0 Å². The van der Waals surface area contributed by atoms with E-state index in [1.807, 2.05) is 11.0 Å². The molecular weight excluding hydrogens is 285 g/mol. The molecule has 0 amide bonds. The number of halogens is 1. The fourth-order valence-electron chi connectivity index (χ4n) is 2.86. The van der Waals surface area contributed by atoms with Crippen molar-refractivity contribution in [3.8, 4) is 6.07 Å². The number of piperidine rings is 1. The zero-order valence-corrected chi connectivity index (χ0v) is 12.0. The number of anilines is 1. The van der Waals surface area contributed by atoms with Crippen molar-refractivity contribution in [1.82, 2.24) is 9.97 Å². The first-order valence-corrected chi connectivity index (χ1v) is 7.08. The summed E-state index contributed by atoms with van der Waals surface area (Å²) in [6.45, 7) is 1.24. The standard InChI is InChI=1S/C15H16FN5O/c16-12-5-13-11(4-10(12)6-17)14(20-9-19-13)21-3-1-2-15(22,7-18)8-21/h4-5,9,22H,1-3,7-8,18H2. The highest BCUT2D eigenvalue weighted by Gasteiger charge is 2.33.